The number of likely N-dealkylation sites (N-methyl/N-ethyl adjacent to an activating group) is 1. The van der Waals surface area contributed by atoms with Gasteiger partial charge in [-0.05, 0) is 74.7 Å². The molecule has 23 heavy (non-hydrogen) atoms. The number of benzene rings is 2. The van der Waals surface area contributed by atoms with Crippen molar-refractivity contribution >= 4 is 0 Å². The van der Waals surface area contributed by atoms with Gasteiger partial charge in [0.15, 0.2) is 0 Å². The molecule has 3 heteroatoms. The summed E-state index contributed by atoms with van der Waals surface area (Å²) in [5, 5.41) is 19.0. The van der Waals surface area contributed by atoms with Gasteiger partial charge in [-0.3, -0.25) is 0 Å². The Hall–Kier alpha value is -2.00. The van der Waals surface area contributed by atoms with Crippen molar-refractivity contribution in [2.24, 2.45) is 0 Å². The third-order valence-electron chi connectivity index (χ3n) is 5.13. The van der Waals surface area contributed by atoms with Crippen LogP contribution in [0.3, 0.4) is 0 Å². The zero-order chi connectivity index (χ0) is 16.3. The van der Waals surface area contributed by atoms with Crippen LogP contribution in [-0.2, 0) is 12.8 Å². The lowest BCUT2D eigenvalue weighted by atomic mass is 9.77. The van der Waals surface area contributed by atoms with E-state index >= 15 is 0 Å². The largest absolute Gasteiger partial charge is 0.508 e. The van der Waals surface area contributed by atoms with Crippen LogP contribution in [-0.4, -0.2) is 34.2 Å². The van der Waals surface area contributed by atoms with Crippen LogP contribution < -0.4 is 0 Å². The number of rotatable bonds is 4. The molecule has 0 aliphatic carbocycles. The molecule has 2 aromatic carbocycles. The molecule has 0 saturated carbocycles. The molecule has 122 valence electrons. The molecule has 1 saturated heterocycles. The monoisotopic (exact) mass is 311 g/mol. The predicted octanol–water partition coefficient (Wildman–Crippen LogP) is 3.74. The number of nitrogens with zero attached hydrogens (tertiary/aromatic N) is 1. The minimum atomic E-state index is 0.103. The normalized spacial score (nSPS) is 18.0. The zero-order valence-electron chi connectivity index (χ0n) is 13.7. The molecule has 3 rings (SSSR count). The van der Waals surface area contributed by atoms with Gasteiger partial charge in [0.05, 0.1) is 0 Å². The lowest BCUT2D eigenvalue weighted by molar-refractivity contribution is 0.0726. The average molecular weight is 311 g/mol. The molecule has 1 fully saturated rings. The van der Waals surface area contributed by atoms with Gasteiger partial charge in [-0.15, -0.1) is 0 Å². The minimum Gasteiger partial charge on any atom is -0.508 e. The van der Waals surface area contributed by atoms with Crippen molar-refractivity contribution in [2.45, 2.75) is 37.6 Å². The molecule has 2 N–H and O–H groups in total. The highest BCUT2D eigenvalue weighted by molar-refractivity contribution is 5.30. The van der Waals surface area contributed by atoms with Crippen LogP contribution in [0.15, 0.2) is 48.5 Å². The van der Waals surface area contributed by atoms with E-state index < -0.39 is 0 Å². The molecule has 3 nitrogen and oxygen atoms in total. The second kappa shape index (κ2) is 6.63. The summed E-state index contributed by atoms with van der Waals surface area (Å²) >= 11 is 0. The molecule has 0 radical (unpaired) electrons. The number of aromatic hydroxyl groups is 2. The Morgan fingerprint density at radius 1 is 0.826 bits per heavy atom. The van der Waals surface area contributed by atoms with Crippen LogP contribution in [0.1, 0.15) is 30.4 Å². The fourth-order valence-electron chi connectivity index (χ4n) is 3.73. The summed E-state index contributed by atoms with van der Waals surface area (Å²) in [6, 6.07) is 15.2. The first-order chi connectivity index (χ1) is 11.1. The van der Waals surface area contributed by atoms with Crippen LogP contribution in [0.25, 0.3) is 0 Å². The van der Waals surface area contributed by atoms with Gasteiger partial charge < -0.3 is 15.1 Å². The smallest absolute Gasteiger partial charge is 0.115 e. The maximum Gasteiger partial charge on any atom is 0.115 e. The Balaban J connectivity index is 1.87. The molecule has 0 unspecified atom stereocenters. The summed E-state index contributed by atoms with van der Waals surface area (Å²) in [4.78, 5) is 2.50. The van der Waals surface area contributed by atoms with E-state index in [0.29, 0.717) is 11.5 Å². The summed E-state index contributed by atoms with van der Waals surface area (Å²) in [6.45, 7) is 1.12. The summed E-state index contributed by atoms with van der Waals surface area (Å²) in [6.07, 6.45) is 5.63. The summed E-state index contributed by atoms with van der Waals surface area (Å²) in [7, 11) is 2.22. The maximum atomic E-state index is 9.51. The Kier molecular flexibility index (Phi) is 4.58. The number of piperidine rings is 1. The highest BCUT2D eigenvalue weighted by Crippen LogP contribution is 2.34. The molecular formula is C20H25NO2. The zero-order valence-corrected chi connectivity index (χ0v) is 13.7. The van der Waals surface area contributed by atoms with E-state index in [2.05, 4.69) is 11.9 Å². The third-order valence-corrected chi connectivity index (χ3v) is 5.13. The van der Waals surface area contributed by atoms with Crippen molar-refractivity contribution in [2.75, 3.05) is 13.6 Å². The standard InChI is InChI=1S/C20H25NO2/c1-21-13-3-2-12-20(21,14-16-4-8-18(22)9-5-16)15-17-6-10-19(23)11-7-17/h4-11,22-23H,2-3,12-15H2,1H3. The SMILES string of the molecule is CN1CCCCC1(Cc1ccc(O)cc1)Cc1ccc(O)cc1. The molecule has 0 aromatic heterocycles. The molecule has 0 spiro atoms. The Labute approximate surface area is 138 Å². The van der Waals surface area contributed by atoms with Gasteiger partial charge in [0, 0.05) is 5.54 Å². The third kappa shape index (κ3) is 3.67. The van der Waals surface area contributed by atoms with Crippen LogP contribution in [0.2, 0.25) is 0 Å². The van der Waals surface area contributed by atoms with Crippen molar-refractivity contribution in [3.63, 3.8) is 0 Å². The van der Waals surface area contributed by atoms with E-state index in [-0.39, 0.29) is 5.54 Å². The number of likely N-dealkylation sites (tertiary alicyclic amines) is 1. The van der Waals surface area contributed by atoms with E-state index in [9.17, 15) is 10.2 Å². The first kappa shape index (κ1) is 15.9. The molecule has 0 amide bonds. The van der Waals surface area contributed by atoms with Gasteiger partial charge in [-0.2, -0.15) is 0 Å². The van der Waals surface area contributed by atoms with Crippen molar-refractivity contribution in [3.8, 4) is 11.5 Å². The number of hydrogen-bond acceptors (Lipinski definition) is 3. The number of phenolic OH excluding ortho intramolecular Hbond substituents is 2. The van der Waals surface area contributed by atoms with Crippen molar-refractivity contribution in [1.29, 1.82) is 0 Å². The molecule has 0 atom stereocenters. The Morgan fingerprint density at radius 3 is 1.74 bits per heavy atom. The summed E-state index contributed by atoms with van der Waals surface area (Å²) in [5.41, 5.74) is 2.62. The lowest BCUT2D eigenvalue weighted by Crippen LogP contribution is -2.52. The maximum absolute atomic E-state index is 9.51. The van der Waals surface area contributed by atoms with Crippen LogP contribution in [0.5, 0.6) is 11.5 Å². The van der Waals surface area contributed by atoms with Gasteiger partial charge in [-0.1, -0.05) is 30.7 Å². The van der Waals surface area contributed by atoms with Crippen LogP contribution in [0, 0.1) is 0 Å². The molecule has 2 aromatic rings. The molecular weight excluding hydrogens is 286 g/mol. The van der Waals surface area contributed by atoms with E-state index in [4.69, 9.17) is 0 Å². The fourth-order valence-corrected chi connectivity index (χ4v) is 3.73. The Bertz CT molecular complexity index is 586. The summed E-state index contributed by atoms with van der Waals surface area (Å²) < 4.78 is 0. The second-order valence-electron chi connectivity index (χ2n) is 6.79. The van der Waals surface area contributed by atoms with Gasteiger partial charge >= 0.3 is 0 Å². The quantitative estimate of drug-likeness (QED) is 0.904. The highest BCUT2D eigenvalue weighted by atomic mass is 16.3. The predicted molar refractivity (Wildman–Crippen MR) is 92.8 cm³/mol. The van der Waals surface area contributed by atoms with E-state index in [0.717, 1.165) is 19.4 Å². The Morgan fingerprint density at radius 2 is 1.30 bits per heavy atom. The number of hydrogen-bond donors (Lipinski definition) is 2. The first-order valence-corrected chi connectivity index (χ1v) is 8.34. The number of phenols is 2. The summed E-state index contributed by atoms with van der Waals surface area (Å²) in [5.74, 6) is 0.636. The molecule has 1 heterocycles. The topological polar surface area (TPSA) is 43.7 Å². The molecule has 1 aliphatic heterocycles. The van der Waals surface area contributed by atoms with E-state index in [1.165, 1.54) is 30.4 Å². The van der Waals surface area contributed by atoms with Gasteiger partial charge in [0.1, 0.15) is 11.5 Å². The first-order valence-electron chi connectivity index (χ1n) is 8.34. The van der Waals surface area contributed by atoms with Crippen LogP contribution in [0.4, 0.5) is 0 Å². The second-order valence-corrected chi connectivity index (χ2v) is 6.79. The van der Waals surface area contributed by atoms with Crippen molar-refractivity contribution < 1.29 is 10.2 Å². The minimum absolute atomic E-state index is 0.103. The van der Waals surface area contributed by atoms with Crippen molar-refractivity contribution in [3.05, 3.63) is 59.7 Å². The molecule has 1 aliphatic rings. The lowest BCUT2D eigenvalue weighted by Gasteiger charge is -2.46. The van der Waals surface area contributed by atoms with Gasteiger partial charge in [0.2, 0.25) is 0 Å². The van der Waals surface area contributed by atoms with Crippen molar-refractivity contribution in [1.82, 2.24) is 4.90 Å². The van der Waals surface area contributed by atoms with Gasteiger partial charge in [0.25, 0.3) is 0 Å². The van der Waals surface area contributed by atoms with Gasteiger partial charge in [-0.25, -0.2) is 0 Å². The van der Waals surface area contributed by atoms with Crippen LogP contribution >= 0.6 is 0 Å². The fraction of sp³-hybridized carbons (Fsp3) is 0.400. The van der Waals surface area contributed by atoms with E-state index in [1.807, 2.05) is 24.3 Å². The highest BCUT2D eigenvalue weighted by Gasteiger charge is 2.36. The molecule has 0 bridgehead atoms. The average Bonchev–Trinajstić information content (AvgIpc) is 2.55. The van der Waals surface area contributed by atoms with E-state index in [1.54, 1.807) is 24.3 Å².